The molecule has 0 aliphatic heterocycles. The van der Waals surface area contributed by atoms with Crippen LogP contribution in [-0.4, -0.2) is 11.1 Å². The van der Waals surface area contributed by atoms with Crippen molar-refractivity contribution in [3.8, 4) is 5.75 Å². The van der Waals surface area contributed by atoms with Crippen molar-refractivity contribution in [1.82, 2.24) is 0 Å². The number of aryl methyl sites for hydroxylation is 1. The zero-order valence-corrected chi connectivity index (χ0v) is 8.38. The van der Waals surface area contributed by atoms with E-state index >= 15 is 0 Å². The van der Waals surface area contributed by atoms with Crippen molar-refractivity contribution < 1.29 is 5.11 Å². The summed E-state index contributed by atoms with van der Waals surface area (Å²) in [5.74, 6) is 0.185. The molecule has 0 heterocycles. The summed E-state index contributed by atoms with van der Waals surface area (Å²) >= 11 is 5.75. The lowest BCUT2D eigenvalue weighted by atomic mass is 10.1. The maximum atomic E-state index is 9.54. The van der Waals surface area contributed by atoms with Gasteiger partial charge in [-0.1, -0.05) is 23.7 Å². The molecule has 0 aromatic heterocycles. The molecule has 0 fully saturated rings. The third-order valence-electron chi connectivity index (χ3n) is 1.94. The Morgan fingerprint density at radius 1 is 1.54 bits per heavy atom. The molecule has 0 amide bonds. The summed E-state index contributed by atoms with van der Waals surface area (Å²) in [6.07, 6.45) is 1.62. The number of para-hydroxylation sites is 1. The van der Waals surface area contributed by atoms with Crippen LogP contribution in [0.15, 0.2) is 18.2 Å². The number of aromatic hydroxyl groups is 1. The molecule has 1 aromatic rings. The van der Waals surface area contributed by atoms with Gasteiger partial charge in [-0.05, 0) is 31.4 Å². The summed E-state index contributed by atoms with van der Waals surface area (Å²) < 4.78 is 0. The maximum Gasteiger partial charge on any atom is 0.137 e. The lowest BCUT2D eigenvalue weighted by Crippen LogP contribution is -2.15. The van der Waals surface area contributed by atoms with E-state index in [4.69, 9.17) is 17.3 Å². The second kappa shape index (κ2) is 4.49. The fraction of sp³-hybridized carbons (Fsp3) is 0.400. The Morgan fingerprint density at radius 2 is 2.23 bits per heavy atom. The molecule has 0 saturated heterocycles. The van der Waals surface area contributed by atoms with Gasteiger partial charge >= 0.3 is 0 Å². The molecule has 0 aliphatic rings. The summed E-state index contributed by atoms with van der Waals surface area (Å²) in [7, 11) is 0. The highest BCUT2D eigenvalue weighted by Crippen LogP contribution is 2.27. The fourth-order valence-electron chi connectivity index (χ4n) is 1.14. The molecule has 0 aliphatic carbocycles. The number of hydrogen-bond donors (Lipinski definition) is 2. The average Bonchev–Trinajstić information content (AvgIpc) is 2.07. The molecule has 3 heteroatoms. The van der Waals surface area contributed by atoms with Crippen molar-refractivity contribution in [2.24, 2.45) is 5.73 Å². The molecule has 0 unspecified atom stereocenters. The minimum absolute atomic E-state index is 0.151. The molecular weight excluding hydrogens is 186 g/mol. The van der Waals surface area contributed by atoms with Gasteiger partial charge in [-0.2, -0.15) is 0 Å². The van der Waals surface area contributed by atoms with E-state index in [1.807, 2.05) is 19.1 Å². The van der Waals surface area contributed by atoms with E-state index in [1.54, 1.807) is 6.07 Å². The van der Waals surface area contributed by atoms with Crippen LogP contribution in [0.1, 0.15) is 18.9 Å². The second-order valence-corrected chi connectivity index (χ2v) is 3.67. The van der Waals surface area contributed by atoms with Crippen LogP contribution in [0.4, 0.5) is 0 Å². The van der Waals surface area contributed by atoms with Crippen molar-refractivity contribution in [1.29, 1.82) is 0 Å². The number of rotatable bonds is 3. The largest absolute Gasteiger partial charge is 0.506 e. The lowest BCUT2D eigenvalue weighted by Gasteiger charge is -2.07. The van der Waals surface area contributed by atoms with Gasteiger partial charge in [0.05, 0.1) is 5.02 Å². The molecule has 1 atom stereocenters. The number of hydrogen-bond acceptors (Lipinski definition) is 2. The van der Waals surface area contributed by atoms with E-state index in [9.17, 15) is 5.11 Å². The van der Waals surface area contributed by atoms with Gasteiger partial charge < -0.3 is 10.8 Å². The summed E-state index contributed by atoms with van der Waals surface area (Å²) in [6.45, 7) is 1.95. The third-order valence-corrected chi connectivity index (χ3v) is 2.24. The minimum atomic E-state index is 0.151. The highest BCUT2D eigenvalue weighted by Gasteiger charge is 2.05. The Bertz CT molecular complexity index is 286. The van der Waals surface area contributed by atoms with Gasteiger partial charge in [0.1, 0.15) is 5.75 Å². The highest BCUT2D eigenvalue weighted by molar-refractivity contribution is 6.32. The van der Waals surface area contributed by atoms with Crippen molar-refractivity contribution in [3.05, 3.63) is 28.8 Å². The Labute approximate surface area is 83.3 Å². The third kappa shape index (κ3) is 2.90. The molecule has 13 heavy (non-hydrogen) atoms. The van der Waals surface area contributed by atoms with Crippen LogP contribution in [0.2, 0.25) is 5.02 Å². The Morgan fingerprint density at radius 3 is 2.85 bits per heavy atom. The highest BCUT2D eigenvalue weighted by atomic mass is 35.5. The number of phenolic OH excluding ortho intramolecular Hbond substituents is 1. The van der Waals surface area contributed by atoms with Crippen LogP contribution in [0.3, 0.4) is 0 Å². The van der Waals surface area contributed by atoms with Gasteiger partial charge in [0.2, 0.25) is 0 Å². The average molecular weight is 200 g/mol. The Balaban J connectivity index is 2.71. The van der Waals surface area contributed by atoms with E-state index in [0.717, 1.165) is 18.4 Å². The predicted molar refractivity (Wildman–Crippen MR) is 55.1 cm³/mol. The fourth-order valence-corrected chi connectivity index (χ4v) is 1.34. The summed E-state index contributed by atoms with van der Waals surface area (Å²) in [5, 5.41) is 9.94. The van der Waals surface area contributed by atoms with Gasteiger partial charge in [-0.25, -0.2) is 0 Å². The number of halogens is 1. The first-order valence-electron chi connectivity index (χ1n) is 4.33. The Hall–Kier alpha value is -0.730. The standard InChI is InChI=1S/C10H14ClNO/c1-7(12)5-6-8-3-2-4-9(11)10(8)13/h2-4,7,13H,5-6,12H2,1H3/t7-/m1/s1. The van der Waals surface area contributed by atoms with Crippen LogP contribution in [0.5, 0.6) is 5.75 Å². The lowest BCUT2D eigenvalue weighted by molar-refractivity contribution is 0.466. The molecule has 0 radical (unpaired) electrons. The van der Waals surface area contributed by atoms with Crippen molar-refractivity contribution in [2.75, 3.05) is 0 Å². The smallest absolute Gasteiger partial charge is 0.137 e. The topological polar surface area (TPSA) is 46.2 Å². The molecule has 2 nitrogen and oxygen atoms in total. The Kier molecular flexibility index (Phi) is 3.58. The first-order chi connectivity index (χ1) is 6.11. The van der Waals surface area contributed by atoms with E-state index in [-0.39, 0.29) is 11.8 Å². The second-order valence-electron chi connectivity index (χ2n) is 3.26. The van der Waals surface area contributed by atoms with Crippen LogP contribution >= 0.6 is 11.6 Å². The monoisotopic (exact) mass is 199 g/mol. The first-order valence-corrected chi connectivity index (χ1v) is 4.71. The maximum absolute atomic E-state index is 9.54. The molecule has 72 valence electrons. The van der Waals surface area contributed by atoms with Crippen molar-refractivity contribution in [2.45, 2.75) is 25.8 Å². The van der Waals surface area contributed by atoms with Crippen LogP contribution in [0.25, 0.3) is 0 Å². The summed E-state index contributed by atoms with van der Waals surface area (Å²) in [5.41, 5.74) is 6.48. The zero-order chi connectivity index (χ0) is 9.84. The van der Waals surface area contributed by atoms with Gasteiger partial charge in [0.25, 0.3) is 0 Å². The van der Waals surface area contributed by atoms with Gasteiger partial charge in [-0.3, -0.25) is 0 Å². The molecule has 0 bridgehead atoms. The number of nitrogens with two attached hydrogens (primary N) is 1. The van der Waals surface area contributed by atoms with E-state index in [0.29, 0.717) is 5.02 Å². The first kappa shape index (κ1) is 10.4. The van der Waals surface area contributed by atoms with Crippen molar-refractivity contribution >= 4 is 11.6 Å². The van der Waals surface area contributed by atoms with E-state index in [2.05, 4.69) is 0 Å². The molecular formula is C10H14ClNO. The molecule has 1 rings (SSSR count). The molecule has 0 spiro atoms. The summed E-state index contributed by atoms with van der Waals surface area (Å²) in [6, 6.07) is 5.52. The normalized spacial score (nSPS) is 12.8. The van der Waals surface area contributed by atoms with Gasteiger partial charge in [0.15, 0.2) is 0 Å². The number of phenols is 1. The SMILES string of the molecule is C[C@@H](N)CCc1cccc(Cl)c1O. The van der Waals surface area contributed by atoms with E-state index in [1.165, 1.54) is 0 Å². The molecule has 3 N–H and O–H groups in total. The van der Waals surface area contributed by atoms with Crippen LogP contribution in [-0.2, 0) is 6.42 Å². The van der Waals surface area contributed by atoms with Crippen LogP contribution in [0, 0.1) is 0 Å². The zero-order valence-electron chi connectivity index (χ0n) is 7.63. The molecule has 1 aromatic carbocycles. The van der Waals surface area contributed by atoms with E-state index < -0.39 is 0 Å². The summed E-state index contributed by atoms with van der Waals surface area (Å²) in [4.78, 5) is 0. The van der Waals surface area contributed by atoms with Gasteiger partial charge in [-0.15, -0.1) is 0 Å². The van der Waals surface area contributed by atoms with Crippen LogP contribution < -0.4 is 5.73 Å². The van der Waals surface area contributed by atoms with Crippen molar-refractivity contribution in [3.63, 3.8) is 0 Å². The van der Waals surface area contributed by atoms with Gasteiger partial charge in [0, 0.05) is 6.04 Å². The minimum Gasteiger partial charge on any atom is -0.506 e. The molecule has 0 saturated carbocycles. The predicted octanol–water partition coefficient (Wildman–Crippen LogP) is 2.33. The quantitative estimate of drug-likeness (QED) is 0.785. The number of benzene rings is 1.